The number of nitrogens with one attached hydrogen (secondary N) is 3. The summed E-state index contributed by atoms with van der Waals surface area (Å²) in [6, 6.07) is 15.6. The molecule has 0 saturated carbocycles. The molecular formula is C20H27IN4O. The maximum Gasteiger partial charge on any atom is 0.251 e. The summed E-state index contributed by atoms with van der Waals surface area (Å²) in [6.45, 7) is 6.04. The number of amides is 1. The quantitative estimate of drug-likeness (QED) is 0.266. The first-order valence-electron chi connectivity index (χ1n) is 8.44. The van der Waals surface area contributed by atoms with Crippen molar-refractivity contribution in [1.82, 2.24) is 16.0 Å². The third kappa shape index (κ3) is 7.03. The van der Waals surface area contributed by atoms with Gasteiger partial charge in [0.25, 0.3) is 5.91 Å². The molecule has 3 N–H and O–H groups in total. The van der Waals surface area contributed by atoms with Gasteiger partial charge in [0.1, 0.15) is 0 Å². The fourth-order valence-electron chi connectivity index (χ4n) is 2.49. The molecule has 0 heterocycles. The first kappa shape index (κ1) is 22.0. The number of carbonyl (C=O) groups is 1. The summed E-state index contributed by atoms with van der Waals surface area (Å²) in [5.74, 6) is 0.648. The lowest BCUT2D eigenvalue weighted by Crippen LogP contribution is -2.41. The summed E-state index contributed by atoms with van der Waals surface area (Å²) in [5.41, 5.74) is 4.43. The van der Waals surface area contributed by atoms with Crippen LogP contribution in [0.5, 0.6) is 0 Å². The van der Waals surface area contributed by atoms with Crippen molar-refractivity contribution in [2.24, 2.45) is 4.99 Å². The van der Waals surface area contributed by atoms with Gasteiger partial charge < -0.3 is 16.0 Å². The van der Waals surface area contributed by atoms with Gasteiger partial charge in [0.05, 0.1) is 0 Å². The minimum atomic E-state index is -0.0689. The Morgan fingerprint density at radius 2 is 1.65 bits per heavy atom. The molecule has 5 nitrogen and oxygen atoms in total. The van der Waals surface area contributed by atoms with Crippen LogP contribution in [0.4, 0.5) is 0 Å². The summed E-state index contributed by atoms with van der Waals surface area (Å²) in [7, 11) is 1.74. The van der Waals surface area contributed by atoms with E-state index in [1.165, 1.54) is 16.7 Å². The molecular weight excluding hydrogens is 439 g/mol. The average molecular weight is 466 g/mol. The number of hydrogen-bond donors (Lipinski definition) is 3. The van der Waals surface area contributed by atoms with E-state index in [1.54, 1.807) is 19.2 Å². The van der Waals surface area contributed by atoms with Crippen LogP contribution >= 0.6 is 24.0 Å². The molecule has 26 heavy (non-hydrogen) atoms. The van der Waals surface area contributed by atoms with Crippen LogP contribution in [0.2, 0.25) is 0 Å². The van der Waals surface area contributed by atoms with Crippen molar-refractivity contribution in [2.45, 2.75) is 20.4 Å². The Bertz CT molecular complexity index is 732. The number of hydrogen-bond acceptors (Lipinski definition) is 2. The van der Waals surface area contributed by atoms with Crippen LogP contribution in [0.25, 0.3) is 0 Å². The van der Waals surface area contributed by atoms with E-state index in [4.69, 9.17) is 0 Å². The first-order chi connectivity index (χ1) is 12.1. The van der Waals surface area contributed by atoms with Crippen molar-refractivity contribution >= 4 is 35.8 Å². The highest BCUT2D eigenvalue weighted by Gasteiger charge is 2.04. The fraction of sp³-hybridized carbons (Fsp3) is 0.300. The largest absolute Gasteiger partial charge is 0.355 e. The number of carbonyl (C=O) groups excluding carboxylic acids is 1. The maximum atomic E-state index is 11.9. The van der Waals surface area contributed by atoms with Gasteiger partial charge in [-0.1, -0.05) is 42.0 Å². The van der Waals surface area contributed by atoms with Crippen LogP contribution in [0.1, 0.15) is 27.0 Å². The molecule has 2 aromatic rings. The van der Waals surface area contributed by atoms with E-state index < -0.39 is 0 Å². The summed E-state index contributed by atoms with van der Waals surface area (Å²) < 4.78 is 0. The summed E-state index contributed by atoms with van der Waals surface area (Å²) in [5, 5.41) is 9.38. The number of benzene rings is 2. The summed E-state index contributed by atoms with van der Waals surface area (Å²) in [6.07, 6.45) is 0. The van der Waals surface area contributed by atoms with Crippen molar-refractivity contribution in [1.29, 1.82) is 0 Å². The average Bonchev–Trinajstić information content (AvgIpc) is 2.63. The number of halogens is 1. The molecule has 0 fully saturated rings. The highest BCUT2D eigenvalue weighted by atomic mass is 127. The Kier molecular flexibility index (Phi) is 9.72. The van der Waals surface area contributed by atoms with Gasteiger partial charge in [-0.25, -0.2) is 0 Å². The number of rotatable bonds is 6. The zero-order valence-electron chi connectivity index (χ0n) is 15.5. The zero-order valence-corrected chi connectivity index (χ0v) is 17.8. The lowest BCUT2D eigenvalue weighted by Gasteiger charge is -2.14. The molecule has 140 valence electrons. The number of aliphatic imine (C=N–C) groups is 1. The van der Waals surface area contributed by atoms with Gasteiger partial charge in [0.2, 0.25) is 0 Å². The molecule has 0 atom stereocenters. The molecule has 0 aliphatic carbocycles. The van der Waals surface area contributed by atoms with E-state index >= 15 is 0 Å². The first-order valence-corrected chi connectivity index (χ1v) is 8.44. The van der Waals surface area contributed by atoms with E-state index in [1.807, 2.05) is 18.2 Å². The van der Waals surface area contributed by atoms with Crippen LogP contribution in [-0.4, -0.2) is 32.0 Å². The standard InChI is InChI=1S/C20H26N4O.HI/c1-15-9-10-18(16(2)13-15)14-24-20(21-3)23-12-11-22-19(25)17-7-5-4-6-8-17;/h4-10,13H,11-12,14H2,1-3H3,(H,22,25)(H2,21,23,24);1H. The van der Waals surface area contributed by atoms with Gasteiger partial charge in [-0.2, -0.15) is 0 Å². The molecule has 6 heteroatoms. The van der Waals surface area contributed by atoms with Gasteiger partial charge in [-0.05, 0) is 37.1 Å². The van der Waals surface area contributed by atoms with E-state index in [-0.39, 0.29) is 29.9 Å². The molecule has 0 aliphatic heterocycles. The van der Waals surface area contributed by atoms with E-state index in [0.29, 0.717) is 31.2 Å². The zero-order chi connectivity index (χ0) is 18.1. The lowest BCUT2D eigenvalue weighted by molar-refractivity contribution is 0.0954. The van der Waals surface area contributed by atoms with Crippen LogP contribution in [-0.2, 0) is 6.54 Å². The molecule has 2 aromatic carbocycles. The topological polar surface area (TPSA) is 65.5 Å². The third-order valence-corrected chi connectivity index (χ3v) is 3.91. The van der Waals surface area contributed by atoms with E-state index in [2.05, 4.69) is 53.0 Å². The van der Waals surface area contributed by atoms with Crippen LogP contribution in [0.15, 0.2) is 53.5 Å². The van der Waals surface area contributed by atoms with Crippen molar-refractivity contribution < 1.29 is 4.79 Å². The Morgan fingerprint density at radius 3 is 2.31 bits per heavy atom. The van der Waals surface area contributed by atoms with Crippen LogP contribution in [0.3, 0.4) is 0 Å². The van der Waals surface area contributed by atoms with E-state index in [9.17, 15) is 4.79 Å². The minimum Gasteiger partial charge on any atom is -0.355 e. The Balaban J connectivity index is 0.00000338. The van der Waals surface area contributed by atoms with Crippen molar-refractivity contribution in [3.05, 3.63) is 70.8 Å². The van der Waals surface area contributed by atoms with Gasteiger partial charge >= 0.3 is 0 Å². The second-order valence-corrected chi connectivity index (χ2v) is 5.90. The predicted molar refractivity (Wildman–Crippen MR) is 118 cm³/mol. The Morgan fingerprint density at radius 1 is 0.962 bits per heavy atom. The molecule has 0 aliphatic rings. The molecule has 1 amide bonds. The predicted octanol–water partition coefficient (Wildman–Crippen LogP) is 3.02. The Hall–Kier alpha value is -2.09. The molecule has 0 bridgehead atoms. The SMILES string of the molecule is CN=C(NCCNC(=O)c1ccccc1)NCc1ccc(C)cc1C.I. The highest BCUT2D eigenvalue weighted by Crippen LogP contribution is 2.09. The monoisotopic (exact) mass is 466 g/mol. The van der Waals surface area contributed by atoms with Crippen molar-refractivity contribution in [2.75, 3.05) is 20.1 Å². The lowest BCUT2D eigenvalue weighted by atomic mass is 10.1. The highest BCUT2D eigenvalue weighted by molar-refractivity contribution is 14.0. The second-order valence-electron chi connectivity index (χ2n) is 5.90. The summed E-state index contributed by atoms with van der Waals surface area (Å²) in [4.78, 5) is 16.2. The molecule has 0 unspecified atom stereocenters. The summed E-state index contributed by atoms with van der Waals surface area (Å²) >= 11 is 0. The third-order valence-electron chi connectivity index (χ3n) is 3.91. The molecule has 2 rings (SSSR count). The Labute approximate surface area is 172 Å². The van der Waals surface area contributed by atoms with Crippen LogP contribution in [0, 0.1) is 13.8 Å². The van der Waals surface area contributed by atoms with Crippen molar-refractivity contribution in [3.8, 4) is 0 Å². The van der Waals surface area contributed by atoms with Gasteiger partial charge in [0, 0.05) is 32.2 Å². The number of guanidine groups is 1. The molecule has 0 saturated heterocycles. The molecule has 0 aromatic heterocycles. The number of aryl methyl sites for hydroxylation is 2. The van der Waals surface area contributed by atoms with Gasteiger partial charge in [-0.3, -0.25) is 9.79 Å². The van der Waals surface area contributed by atoms with E-state index in [0.717, 1.165) is 0 Å². The van der Waals surface area contributed by atoms with Crippen LogP contribution < -0.4 is 16.0 Å². The normalized spacial score (nSPS) is 10.7. The second kappa shape index (κ2) is 11.5. The minimum absolute atomic E-state index is 0. The van der Waals surface area contributed by atoms with Gasteiger partial charge in [-0.15, -0.1) is 24.0 Å². The molecule has 0 spiro atoms. The van der Waals surface area contributed by atoms with Crippen molar-refractivity contribution in [3.63, 3.8) is 0 Å². The maximum absolute atomic E-state index is 11.9. The van der Waals surface area contributed by atoms with Gasteiger partial charge in [0.15, 0.2) is 5.96 Å². The molecule has 0 radical (unpaired) electrons. The number of nitrogens with zero attached hydrogens (tertiary/aromatic N) is 1. The smallest absolute Gasteiger partial charge is 0.251 e. The fourth-order valence-corrected chi connectivity index (χ4v) is 2.49.